The van der Waals surface area contributed by atoms with Gasteiger partial charge in [0.15, 0.2) is 28.9 Å². The molecule has 3 rings (SSSR count). The summed E-state index contributed by atoms with van der Waals surface area (Å²) < 4.78 is 53.8. The molecule has 2 aromatic carbocycles. The summed E-state index contributed by atoms with van der Waals surface area (Å²) >= 11 is 0. The van der Waals surface area contributed by atoms with E-state index in [9.17, 15) is 23.2 Å². The predicted octanol–water partition coefficient (Wildman–Crippen LogP) is 7.22. The number of unbranched alkanes of at least 4 members (excludes halogenated alkanes) is 2. The van der Waals surface area contributed by atoms with Gasteiger partial charge in [0.1, 0.15) is 12.2 Å². The van der Waals surface area contributed by atoms with Crippen molar-refractivity contribution in [2.24, 2.45) is 0 Å². The molecule has 1 unspecified atom stereocenters. The van der Waals surface area contributed by atoms with Gasteiger partial charge in [0.25, 0.3) is 0 Å². The Hall–Kier alpha value is -3.97. The number of amides is 3. The first kappa shape index (κ1) is 42.2. The van der Waals surface area contributed by atoms with Crippen molar-refractivity contribution in [3.8, 4) is 11.5 Å². The predicted molar refractivity (Wildman–Crippen MR) is 187 cm³/mol. The standard InChI is InChI=1S/C19H29FN2O3.C18H26FNO5/c1-5-6-7-10-21-18(23)22-16(12-25-13-19(22,2)3)14-8-9-17(24-4)15(20)11-14;1-17(2,3)25-16(22)20-18(4,5)11-24-10-14(21)12-7-8-15(23-6)13(19)9-12/h8-9,11,16H,5-7,10,12-13H2,1-4H3,(H,21,23);7-9H,10-11H2,1-6H3,(H,20,22). The van der Waals surface area contributed by atoms with Crippen molar-refractivity contribution in [2.75, 3.05) is 47.2 Å². The number of nitrogens with one attached hydrogen (secondary N) is 2. The molecule has 1 fully saturated rings. The van der Waals surface area contributed by atoms with Gasteiger partial charge in [0, 0.05) is 12.1 Å². The number of morpholine rings is 1. The molecule has 11 nitrogen and oxygen atoms in total. The monoisotopic (exact) mass is 707 g/mol. The molecule has 0 bridgehead atoms. The van der Waals surface area contributed by atoms with Gasteiger partial charge in [-0.1, -0.05) is 25.8 Å². The summed E-state index contributed by atoms with van der Waals surface area (Å²) in [6.07, 6.45) is 2.58. The molecule has 1 saturated heterocycles. The third kappa shape index (κ3) is 13.4. The van der Waals surface area contributed by atoms with Crippen LogP contribution in [0.4, 0.5) is 18.4 Å². The number of ether oxygens (including phenoxy) is 5. The summed E-state index contributed by atoms with van der Waals surface area (Å²) in [7, 11) is 2.78. The second-order valence-corrected chi connectivity index (χ2v) is 14.3. The van der Waals surface area contributed by atoms with Gasteiger partial charge >= 0.3 is 12.1 Å². The highest BCUT2D eigenvalue weighted by Crippen LogP contribution is 2.35. The lowest BCUT2D eigenvalue weighted by Crippen LogP contribution is -2.59. The molecular formula is C37H55F2N3O8. The number of nitrogens with zero attached hydrogens (tertiary/aromatic N) is 1. The number of benzene rings is 2. The number of hydrogen-bond donors (Lipinski definition) is 2. The second-order valence-electron chi connectivity index (χ2n) is 14.3. The Morgan fingerprint density at radius 2 is 1.58 bits per heavy atom. The van der Waals surface area contributed by atoms with Crippen molar-refractivity contribution in [2.45, 2.75) is 97.4 Å². The summed E-state index contributed by atoms with van der Waals surface area (Å²) in [6.45, 7) is 16.1. The van der Waals surface area contributed by atoms with Crippen LogP contribution in [0.1, 0.15) is 96.6 Å². The minimum absolute atomic E-state index is 0.0696. The quantitative estimate of drug-likeness (QED) is 0.165. The van der Waals surface area contributed by atoms with E-state index in [4.69, 9.17) is 23.7 Å². The van der Waals surface area contributed by atoms with Crippen LogP contribution in [-0.4, -0.2) is 86.7 Å². The second kappa shape index (κ2) is 18.9. The van der Waals surface area contributed by atoms with Crippen LogP contribution in [0, 0.1) is 11.6 Å². The Bertz CT molecular complexity index is 1430. The molecule has 1 atom stereocenters. The number of hydrogen-bond acceptors (Lipinski definition) is 8. The Morgan fingerprint density at radius 1 is 0.960 bits per heavy atom. The summed E-state index contributed by atoms with van der Waals surface area (Å²) in [4.78, 5) is 38.4. The maximum Gasteiger partial charge on any atom is 0.408 e. The first-order valence-electron chi connectivity index (χ1n) is 16.8. The van der Waals surface area contributed by atoms with Gasteiger partial charge in [-0.15, -0.1) is 0 Å². The van der Waals surface area contributed by atoms with Crippen molar-refractivity contribution in [3.05, 3.63) is 59.2 Å². The highest BCUT2D eigenvalue weighted by molar-refractivity contribution is 5.97. The highest BCUT2D eigenvalue weighted by atomic mass is 19.1. The summed E-state index contributed by atoms with van der Waals surface area (Å²) in [5, 5.41) is 5.67. The van der Waals surface area contributed by atoms with E-state index in [0.29, 0.717) is 25.3 Å². The van der Waals surface area contributed by atoms with Crippen LogP contribution in [-0.2, 0) is 14.2 Å². The molecule has 0 radical (unpaired) electrons. The maximum atomic E-state index is 14.1. The molecule has 0 aromatic heterocycles. The molecule has 280 valence electrons. The fourth-order valence-corrected chi connectivity index (χ4v) is 5.13. The van der Waals surface area contributed by atoms with Gasteiger partial charge in [-0.3, -0.25) is 4.79 Å². The SMILES string of the molecule is CCCCCNC(=O)N1C(c2ccc(OC)c(F)c2)COCC1(C)C.COc1ccc(C(=O)COCC(C)(C)NC(=O)OC(C)(C)C)cc1F. The lowest BCUT2D eigenvalue weighted by Gasteiger charge is -2.47. The first-order chi connectivity index (χ1) is 23.3. The number of methoxy groups -OCH3 is 2. The van der Waals surface area contributed by atoms with E-state index in [1.54, 1.807) is 51.7 Å². The molecule has 0 saturated carbocycles. The summed E-state index contributed by atoms with van der Waals surface area (Å²) in [6, 6.07) is 8.29. The molecule has 0 aliphatic carbocycles. The number of carbonyl (C=O) groups excluding carboxylic acids is 3. The lowest BCUT2D eigenvalue weighted by molar-refractivity contribution is -0.0657. The molecule has 2 N–H and O–H groups in total. The Balaban J connectivity index is 0.000000347. The minimum Gasteiger partial charge on any atom is -0.494 e. The Morgan fingerprint density at radius 3 is 2.14 bits per heavy atom. The normalized spacial score (nSPS) is 15.7. The largest absolute Gasteiger partial charge is 0.494 e. The topological polar surface area (TPSA) is 125 Å². The van der Waals surface area contributed by atoms with Gasteiger partial charge in [-0.2, -0.15) is 0 Å². The van der Waals surface area contributed by atoms with Crippen molar-refractivity contribution in [1.29, 1.82) is 0 Å². The van der Waals surface area contributed by atoms with E-state index >= 15 is 0 Å². The van der Waals surface area contributed by atoms with E-state index in [1.807, 2.05) is 13.8 Å². The molecule has 1 aliphatic heterocycles. The van der Waals surface area contributed by atoms with E-state index in [-0.39, 0.29) is 48.1 Å². The Labute approximate surface area is 295 Å². The summed E-state index contributed by atoms with van der Waals surface area (Å²) in [5.74, 6) is -1.16. The zero-order valence-corrected chi connectivity index (χ0v) is 31.2. The molecule has 0 spiro atoms. The fraction of sp³-hybridized carbons (Fsp3) is 0.595. The molecule has 1 heterocycles. The van der Waals surface area contributed by atoms with E-state index in [2.05, 4.69) is 17.6 Å². The number of halogens is 2. The minimum atomic E-state index is -0.728. The third-order valence-electron chi connectivity index (χ3n) is 7.54. The fourth-order valence-electron chi connectivity index (χ4n) is 5.13. The van der Waals surface area contributed by atoms with Crippen LogP contribution in [0.25, 0.3) is 0 Å². The number of carbonyl (C=O) groups is 3. The number of rotatable bonds is 13. The maximum absolute atomic E-state index is 14.1. The van der Waals surface area contributed by atoms with Crippen molar-refractivity contribution in [3.63, 3.8) is 0 Å². The lowest BCUT2D eigenvalue weighted by atomic mass is 9.95. The van der Waals surface area contributed by atoms with Gasteiger partial charge in [-0.05, 0) is 90.8 Å². The zero-order valence-electron chi connectivity index (χ0n) is 31.2. The van der Waals surface area contributed by atoms with Gasteiger partial charge in [-0.25, -0.2) is 18.4 Å². The third-order valence-corrected chi connectivity index (χ3v) is 7.54. The van der Waals surface area contributed by atoms with E-state index in [1.165, 1.54) is 32.4 Å². The van der Waals surface area contributed by atoms with Crippen LogP contribution < -0.4 is 20.1 Å². The Kier molecular flexibility index (Phi) is 15.9. The van der Waals surface area contributed by atoms with Crippen LogP contribution >= 0.6 is 0 Å². The van der Waals surface area contributed by atoms with E-state index in [0.717, 1.165) is 25.3 Å². The molecule has 50 heavy (non-hydrogen) atoms. The van der Waals surface area contributed by atoms with Gasteiger partial charge in [0.05, 0.1) is 51.2 Å². The molecule has 13 heteroatoms. The van der Waals surface area contributed by atoms with Crippen LogP contribution in [0.2, 0.25) is 0 Å². The smallest absolute Gasteiger partial charge is 0.408 e. The molecule has 3 amide bonds. The number of urea groups is 1. The van der Waals surface area contributed by atoms with Gasteiger partial charge < -0.3 is 39.2 Å². The van der Waals surface area contributed by atoms with Crippen molar-refractivity contribution >= 4 is 17.9 Å². The molecule has 2 aromatic rings. The van der Waals surface area contributed by atoms with Crippen molar-refractivity contribution in [1.82, 2.24) is 15.5 Å². The molecule has 1 aliphatic rings. The van der Waals surface area contributed by atoms with E-state index < -0.39 is 34.4 Å². The molecular weight excluding hydrogens is 652 g/mol. The van der Waals surface area contributed by atoms with Gasteiger partial charge in [0.2, 0.25) is 0 Å². The highest BCUT2D eigenvalue weighted by Gasteiger charge is 2.41. The summed E-state index contributed by atoms with van der Waals surface area (Å²) in [5.41, 5.74) is -0.914. The van der Waals surface area contributed by atoms with Crippen LogP contribution in [0.3, 0.4) is 0 Å². The first-order valence-corrected chi connectivity index (χ1v) is 16.8. The zero-order chi connectivity index (χ0) is 37.7. The van der Waals surface area contributed by atoms with Crippen molar-refractivity contribution < 1.29 is 46.8 Å². The number of alkyl carbamates (subject to hydrolysis) is 1. The average Bonchev–Trinajstić information content (AvgIpc) is 3.01. The van der Waals surface area contributed by atoms with Crippen LogP contribution in [0.5, 0.6) is 11.5 Å². The van der Waals surface area contributed by atoms with Crippen LogP contribution in [0.15, 0.2) is 36.4 Å². The number of Topliss-reactive ketones (excluding diaryl/α,β-unsaturated/α-hetero) is 1. The number of ketones is 1. The average molecular weight is 708 g/mol.